The van der Waals surface area contributed by atoms with Crippen molar-refractivity contribution >= 4 is 21.5 Å². The number of benzene rings is 6. The Kier molecular flexibility index (Phi) is 6.21. The van der Waals surface area contributed by atoms with Gasteiger partial charge in [0.15, 0.2) is 11.6 Å². The monoisotopic (exact) mass is 619 g/mol. The average molecular weight is 620 g/mol. The predicted molar refractivity (Wildman–Crippen MR) is 196 cm³/mol. The van der Waals surface area contributed by atoms with E-state index in [-0.39, 0.29) is 10.8 Å². The van der Waals surface area contributed by atoms with Crippen molar-refractivity contribution < 1.29 is 0 Å². The van der Waals surface area contributed by atoms with Crippen molar-refractivity contribution in [2.45, 2.75) is 49.4 Å². The van der Waals surface area contributed by atoms with E-state index >= 15 is 0 Å². The van der Waals surface area contributed by atoms with Gasteiger partial charge in [0.2, 0.25) is 0 Å². The summed E-state index contributed by atoms with van der Waals surface area (Å²) in [5.74, 6) is 3.98. The molecule has 11 rings (SSSR count). The van der Waals surface area contributed by atoms with E-state index in [1.807, 2.05) is 0 Å². The molecule has 2 unspecified atom stereocenters. The predicted octanol–water partition coefficient (Wildman–Crippen LogP) is 11.0. The highest BCUT2D eigenvalue weighted by molar-refractivity contribution is 6.12. The first-order valence-corrected chi connectivity index (χ1v) is 17.5. The molecule has 7 aromatic rings. The summed E-state index contributed by atoms with van der Waals surface area (Å²) < 4.78 is 0. The molecule has 4 bridgehead atoms. The van der Waals surface area contributed by atoms with Crippen molar-refractivity contribution in [1.29, 1.82) is 0 Å². The molecule has 2 atom stereocenters. The molecule has 6 aromatic carbocycles. The average Bonchev–Trinajstić information content (AvgIpc) is 3.14. The van der Waals surface area contributed by atoms with Gasteiger partial charge in [-0.2, -0.15) is 0 Å². The highest BCUT2D eigenvalue weighted by atomic mass is 15.1. The maximum absolute atomic E-state index is 5.33. The van der Waals surface area contributed by atoms with Gasteiger partial charge >= 0.3 is 0 Å². The number of rotatable bonds is 5. The molecule has 4 saturated carbocycles. The van der Waals surface area contributed by atoms with Crippen molar-refractivity contribution in [2.75, 3.05) is 0 Å². The van der Waals surface area contributed by atoms with Crippen LogP contribution in [0.2, 0.25) is 0 Å². The lowest BCUT2D eigenvalue weighted by Crippen LogP contribution is -2.56. The first kappa shape index (κ1) is 27.9. The van der Waals surface area contributed by atoms with E-state index in [0.717, 1.165) is 35.0 Å². The molecule has 48 heavy (non-hydrogen) atoms. The number of aromatic nitrogens is 3. The summed E-state index contributed by atoms with van der Waals surface area (Å²) >= 11 is 0. The largest absolute Gasteiger partial charge is 0.212 e. The van der Waals surface area contributed by atoms with Crippen LogP contribution < -0.4 is 0 Å². The van der Waals surface area contributed by atoms with Gasteiger partial charge < -0.3 is 0 Å². The molecule has 3 nitrogen and oxygen atoms in total. The standard InChI is InChI=1S/C45H37N3/c1-3-11-33(12-4-1)41-46-42(34-13-5-2-6-14-34)48-43(47-41)45-27-30-23-31(28-45)26-44(25-30,29-45)37-21-19-32(20-22-37)40-38-17-9-7-15-35(38)24-36-16-8-10-18-39(36)40/h1-22,24,30-31H,23,25-29H2. The molecule has 3 heteroatoms. The van der Waals surface area contributed by atoms with Gasteiger partial charge in [-0.05, 0) is 100 Å². The Balaban J connectivity index is 1.08. The SMILES string of the molecule is c1ccc(-c2nc(-c3ccccc3)nc(C34CC5CC(CC(c6ccc(-c7c8ccccc8cc8ccccc78)cc6)(C5)C3)C4)n2)cc1. The molecule has 0 spiro atoms. The Bertz CT molecular complexity index is 2180. The van der Waals surface area contributed by atoms with E-state index in [1.165, 1.54) is 70.3 Å². The molecular formula is C45H37N3. The zero-order valence-corrected chi connectivity index (χ0v) is 27.0. The van der Waals surface area contributed by atoms with E-state index < -0.39 is 0 Å². The van der Waals surface area contributed by atoms with Crippen molar-refractivity contribution in [3.63, 3.8) is 0 Å². The van der Waals surface area contributed by atoms with E-state index in [4.69, 9.17) is 15.0 Å². The molecule has 0 amide bonds. The lowest BCUT2D eigenvalue weighted by Gasteiger charge is -2.61. The lowest BCUT2D eigenvalue weighted by atomic mass is 9.42. The molecule has 4 aliphatic rings. The Hall–Kier alpha value is -5.15. The Morgan fingerprint density at radius 1 is 0.458 bits per heavy atom. The van der Waals surface area contributed by atoms with Crippen LogP contribution >= 0.6 is 0 Å². The van der Waals surface area contributed by atoms with Crippen LogP contribution in [0.25, 0.3) is 55.4 Å². The zero-order valence-electron chi connectivity index (χ0n) is 27.0. The second-order valence-electron chi connectivity index (χ2n) is 14.8. The molecule has 0 aliphatic heterocycles. The fourth-order valence-corrected chi connectivity index (χ4v) is 10.2. The van der Waals surface area contributed by atoms with Crippen LogP contribution in [0.3, 0.4) is 0 Å². The second kappa shape index (κ2) is 10.7. The van der Waals surface area contributed by atoms with Gasteiger partial charge in [0.1, 0.15) is 5.82 Å². The summed E-state index contributed by atoms with van der Waals surface area (Å²) in [6, 6.07) is 50.6. The molecular weight excluding hydrogens is 583 g/mol. The van der Waals surface area contributed by atoms with Gasteiger partial charge in [-0.1, -0.05) is 133 Å². The summed E-state index contributed by atoms with van der Waals surface area (Å²) in [6.07, 6.45) is 7.34. The summed E-state index contributed by atoms with van der Waals surface area (Å²) in [5.41, 5.74) is 6.34. The summed E-state index contributed by atoms with van der Waals surface area (Å²) in [6.45, 7) is 0. The Morgan fingerprint density at radius 2 is 0.958 bits per heavy atom. The van der Waals surface area contributed by atoms with Gasteiger partial charge in [-0.15, -0.1) is 0 Å². The first-order valence-electron chi connectivity index (χ1n) is 17.5. The van der Waals surface area contributed by atoms with Crippen LogP contribution in [-0.4, -0.2) is 15.0 Å². The minimum absolute atomic E-state index is 0.0371. The topological polar surface area (TPSA) is 38.7 Å². The van der Waals surface area contributed by atoms with Crippen LogP contribution in [0, 0.1) is 11.8 Å². The zero-order chi connectivity index (χ0) is 31.7. The third-order valence-corrected chi connectivity index (χ3v) is 11.8. The van der Waals surface area contributed by atoms with E-state index in [2.05, 4.69) is 140 Å². The number of fused-ring (bicyclic) bond motifs is 2. The van der Waals surface area contributed by atoms with E-state index in [0.29, 0.717) is 11.8 Å². The van der Waals surface area contributed by atoms with Gasteiger partial charge in [0, 0.05) is 16.5 Å². The number of hydrogen-bond acceptors (Lipinski definition) is 3. The third kappa shape index (κ3) is 4.44. The minimum atomic E-state index is -0.0371. The molecule has 0 radical (unpaired) electrons. The maximum atomic E-state index is 5.33. The molecule has 4 aliphatic carbocycles. The molecule has 4 fully saturated rings. The van der Waals surface area contributed by atoms with Gasteiger partial charge in [0.05, 0.1) is 0 Å². The van der Waals surface area contributed by atoms with Gasteiger partial charge in [-0.25, -0.2) is 15.0 Å². The van der Waals surface area contributed by atoms with Crippen LogP contribution in [0.5, 0.6) is 0 Å². The summed E-state index contributed by atoms with van der Waals surface area (Å²) in [4.78, 5) is 15.7. The van der Waals surface area contributed by atoms with E-state index in [9.17, 15) is 0 Å². The fraction of sp³-hybridized carbons (Fsp3) is 0.222. The smallest absolute Gasteiger partial charge is 0.163 e. The van der Waals surface area contributed by atoms with Crippen LogP contribution in [0.15, 0.2) is 140 Å². The van der Waals surface area contributed by atoms with Gasteiger partial charge in [-0.3, -0.25) is 0 Å². The van der Waals surface area contributed by atoms with E-state index in [1.54, 1.807) is 0 Å². The Labute approximate surface area is 281 Å². The van der Waals surface area contributed by atoms with Crippen molar-refractivity contribution in [3.05, 3.63) is 151 Å². The van der Waals surface area contributed by atoms with Crippen LogP contribution in [0.1, 0.15) is 49.9 Å². The second-order valence-corrected chi connectivity index (χ2v) is 14.8. The first-order chi connectivity index (χ1) is 23.6. The van der Waals surface area contributed by atoms with Crippen molar-refractivity contribution in [3.8, 4) is 33.9 Å². The van der Waals surface area contributed by atoms with Crippen molar-refractivity contribution in [1.82, 2.24) is 15.0 Å². The number of hydrogen-bond donors (Lipinski definition) is 0. The lowest BCUT2D eigenvalue weighted by molar-refractivity contribution is -0.0319. The van der Waals surface area contributed by atoms with Crippen LogP contribution in [-0.2, 0) is 10.8 Å². The summed E-state index contributed by atoms with van der Waals surface area (Å²) in [5, 5.41) is 5.22. The quantitative estimate of drug-likeness (QED) is 0.180. The Morgan fingerprint density at radius 3 is 1.52 bits per heavy atom. The minimum Gasteiger partial charge on any atom is -0.212 e. The molecule has 232 valence electrons. The number of nitrogens with zero attached hydrogens (tertiary/aromatic N) is 3. The summed E-state index contributed by atoms with van der Waals surface area (Å²) in [7, 11) is 0. The molecule has 1 heterocycles. The van der Waals surface area contributed by atoms with Gasteiger partial charge in [0.25, 0.3) is 0 Å². The third-order valence-electron chi connectivity index (χ3n) is 11.8. The molecule has 0 saturated heterocycles. The normalized spacial score (nSPS) is 24.3. The van der Waals surface area contributed by atoms with Crippen molar-refractivity contribution in [2.24, 2.45) is 11.8 Å². The molecule has 0 N–H and O–H groups in total. The molecule has 1 aromatic heterocycles. The highest BCUT2D eigenvalue weighted by Gasteiger charge is 2.60. The maximum Gasteiger partial charge on any atom is 0.163 e. The fourth-order valence-electron chi connectivity index (χ4n) is 10.2. The highest BCUT2D eigenvalue weighted by Crippen LogP contribution is 2.66. The van der Waals surface area contributed by atoms with Crippen LogP contribution in [0.4, 0.5) is 0 Å².